The van der Waals surface area contributed by atoms with Crippen LogP contribution in [0, 0.1) is 0 Å². The highest BCUT2D eigenvalue weighted by molar-refractivity contribution is 5.97. The number of pyridine rings is 1. The molecule has 2 heterocycles. The van der Waals surface area contributed by atoms with Gasteiger partial charge in [-0.1, -0.05) is 30.3 Å². The maximum Gasteiger partial charge on any atom is 0.169 e. The van der Waals surface area contributed by atoms with Crippen LogP contribution in [0.5, 0.6) is 17.2 Å². The lowest BCUT2D eigenvalue weighted by atomic mass is 10.0. The molecule has 1 N–H and O–H groups in total. The van der Waals surface area contributed by atoms with Crippen LogP contribution in [-0.4, -0.2) is 57.7 Å². The molecule has 33 heavy (non-hydrogen) atoms. The van der Waals surface area contributed by atoms with Crippen molar-refractivity contribution in [1.29, 1.82) is 0 Å². The Hall–Kier alpha value is -3.55. The Labute approximate surface area is 193 Å². The third kappa shape index (κ3) is 4.94. The highest BCUT2D eigenvalue weighted by Gasteiger charge is 2.17. The number of nitrogens with zero attached hydrogens (tertiary/aromatic N) is 1. The molecule has 172 valence electrons. The standard InChI is InChI=1S/C26H28N2O5/c1-29-11-13-32-24-10-6-8-19(25(24)33-14-12-30-2)18-15-21-22(17-28-26(21)27-16-18)20-7-4-5-9-23(20)31-3/h4-10,15-17H,11-14H2,1-3H3,(H,27,28). The second kappa shape index (κ2) is 10.8. The lowest BCUT2D eigenvalue weighted by Gasteiger charge is -2.16. The molecule has 0 unspecified atom stereocenters. The number of hydrogen-bond acceptors (Lipinski definition) is 6. The fraction of sp³-hybridized carbons (Fsp3) is 0.269. The van der Waals surface area contributed by atoms with E-state index in [1.807, 2.05) is 54.9 Å². The number of para-hydroxylation sites is 2. The smallest absolute Gasteiger partial charge is 0.169 e. The Balaban J connectivity index is 1.78. The average Bonchev–Trinajstić information content (AvgIpc) is 3.28. The number of rotatable bonds is 11. The molecule has 0 bridgehead atoms. The third-order valence-electron chi connectivity index (χ3n) is 5.30. The SMILES string of the molecule is COCCOc1cccc(-c2cnc3[nH]cc(-c4ccccc4OC)c3c2)c1OCCOC. The van der Waals surface area contributed by atoms with Gasteiger partial charge in [0, 0.05) is 54.3 Å². The normalized spacial score (nSPS) is 11.0. The minimum absolute atomic E-state index is 0.403. The first-order chi connectivity index (χ1) is 16.3. The van der Waals surface area contributed by atoms with Gasteiger partial charge in [0.2, 0.25) is 0 Å². The van der Waals surface area contributed by atoms with Crippen molar-refractivity contribution >= 4 is 11.0 Å². The molecule has 0 fully saturated rings. The summed E-state index contributed by atoms with van der Waals surface area (Å²) in [5, 5.41) is 0.991. The second-order valence-electron chi connectivity index (χ2n) is 7.34. The van der Waals surface area contributed by atoms with Gasteiger partial charge in [0.05, 0.1) is 20.3 Å². The molecule has 4 aromatic rings. The van der Waals surface area contributed by atoms with E-state index >= 15 is 0 Å². The first-order valence-electron chi connectivity index (χ1n) is 10.7. The molecular formula is C26H28N2O5. The van der Waals surface area contributed by atoms with Gasteiger partial charge in [-0.2, -0.15) is 0 Å². The van der Waals surface area contributed by atoms with Crippen molar-refractivity contribution in [1.82, 2.24) is 9.97 Å². The summed E-state index contributed by atoms with van der Waals surface area (Å²) in [7, 11) is 4.97. The van der Waals surface area contributed by atoms with E-state index in [1.165, 1.54) is 0 Å². The number of benzene rings is 2. The van der Waals surface area contributed by atoms with Crippen molar-refractivity contribution < 1.29 is 23.7 Å². The molecule has 0 radical (unpaired) electrons. The third-order valence-corrected chi connectivity index (χ3v) is 5.30. The number of methoxy groups -OCH3 is 3. The van der Waals surface area contributed by atoms with Crippen LogP contribution in [0.25, 0.3) is 33.3 Å². The summed E-state index contributed by atoms with van der Waals surface area (Å²) in [5.41, 5.74) is 4.63. The van der Waals surface area contributed by atoms with Crippen molar-refractivity contribution in [3.05, 3.63) is 60.9 Å². The first-order valence-corrected chi connectivity index (χ1v) is 10.7. The number of ether oxygens (including phenoxy) is 5. The van der Waals surface area contributed by atoms with Crippen molar-refractivity contribution in [2.45, 2.75) is 0 Å². The Morgan fingerprint density at radius 2 is 1.48 bits per heavy atom. The molecule has 0 spiro atoms. The zero-order valence-corrected chi connectivity index (χ0v) is 19.1. The number of nitrogens with one attached hydrogen (secondary N) is 1. The quantitative estimate of drug-likeness (QED) is 0.327. The van der Waals surface area contributed by atoms with Crippen LogP contribution < -0.4 is 14.2 Å². The van der Waals surface area contributed by atoms with Crippen molar-refractivity contribution in [2.24, 2.45) is 0 Å². The fourth-order valence-corrected chi connectivity index (χ4v) is 3.71. The van der Waals surface area contributed by atoms with E-state index in [4.69, 9.17) is 23.7 Å². The molecule has 7 heteroatoms. The summed E-state index contributed by atoms with van der Waals surface area (Å²) in [6.45, 7) is 1.79. The number of H-pyrrole nitrogens is 1. The molecule has 0 amide bonds. The molecule has 0 saturated heterocycles. The van der Waals surface area contributed by atoms with Gasteiger partial charge in [0.15, 0.2) is 11.5 Å². The second-order valence-corrected chi connectivity index (χ2v) is 7.34. The zero-order valence-electron chi connectivity index (χ0n) is 19.1. The predicted molar refractivity (Wildman–Crippen MR) is 128 cm³/mol. The molecule has 4 rings (SSSR count). The van der Waals surface area contributed by atoms with Gasteiger partial charge in [-0.05, 0) is 18.2 Å². The van der Waals surface area contributed by atoms with Crippen molar-refractivity contribution in [2.75, 3.05) is 47.8 Å². The highest BCUT2D eigenvalue weighted by Crippen LogP contribution is 2.41. The monoisotopic (exact) mass is 448 g/mol. The van der Waals surface area contributed by atoms with Gasteiger partial charge in [-0.15, -0.1) is 0 Å². The van der Waals surface area contributed by atoms with Crippen molar-refractivity contribution in [3.8, 4) is 39.5 Å². The molecule has 0 aliphatic heterocycles. The lowest BCUT2D eigenvalue weighted by molar-refractivity contribution is 0.132. The summed E-state index contributed by atoms with van der Waals surface area (Å²) in [6, 6.07) is 15.9. The van der Waals surface area contributed by atoms with Gasteiger partial charge < -0.3 is 28.7 Å². The topological polar surface area (TPSA) is 74.8 Å². The summed E-state index contributed by atoms with van der Waals surface area (Å²) < 4.78 is 27.9. The number of hydrogen-bond donors (Lipinski definition) is 1. The largest absolute Gasteiger partial charge is 0.496 e. The summed E-state index contributed by atoms with van der Waals surface area (Å²) in [4.78, 5) is 7.93. The average molecular weight is 449 g/mol. The van der Waals surface area contributed by atoms with Crippen LogP contribution in [0.1, 0.15) is 0 Å². The summed E-state index contributed by atoms with van der Waals surface area (Å²) in [6.07, 6.45) is 3.79. The van der Waals surface area contributed by atoms with Crippen LogP contribution in [-0.2, 0) is 9.47 Å². The minimum atomic E-state index is 0.403. The van der Waals surface area contributed by atoms with E-state index in [-0.39, 0.29) is 0 Å². The Kier molecular flexibility index (Phi) is 7.44. The van der Waals surface area contributed by atoms with Crippen LogP contribution in [0.3, 0.4) is 0 Å². The molecule has 0 saturated carbocycles. The summed E-state index contributed by atoms with van der Waals surface area (Å²) >= 11 is 0. The van der Waals surface area contributed by atoms with E-state index in [2.05, 4.69) is 16.0 Å². The van der Waals surface area contributed by atoms with Gasteiger partial charge >= 0.3 is 0 Å². The molecule has 2 aromatic heterocycles. The first kappa shape index (κ1) is 22.6. The molecule has 7 nitrogen and oxygen atoms in total. The molecule has 0 atom stereocenters. The number of fused-ring (bicyclic) bond motifs is 1. The van der Waals surface area contributed by atoms with Crippen LogP contribution >= 0.6 is 0 Å². The van der Waals surface area contributed by atoms with Crippen LogP contribution in [0.4, 0.5) is 0 Å². The highest BCUT2D eigenvalue weighted by atomic mass is 16.5. The minimum Gasteiger partial charge on any atom is -0.496 e. The Bertz CT molecular complexity index is 1200. The van der Waals surface area contributed by atoms with Gasteiger partial charge in [0.1, 0.15) is 24.6 Å². The van der Waals surface area contributed by atoms with Gasteiger partial charge in [-0.3, -0.25) is 0 Å². The van der Waals surface area contributed by atoms with Crippen LogP contribution in [0.15, 0.2) is 60.9 Å². The molecule has 2 aromatic carbocycles. The van der Waals surface area contributed by atoms with E-state index < -0.39 is 0 Å². The molecular weight excluding hydrogens is 420 g/mol. The van der Waals surface area contributed by atoms with Gasteiger partial charge in [-0.25, -0.2) is 4.98 Å². The fourth-order valence-electron chi connectivity index (χ4n) is 3.71. The van der Waals surface area contributed by atoms with E-state index in [9.17, 15) is 0 Å². The molecule has 0 aliphatic carbocycles. The predicted octanol–water partition coefficient (Wildman–Crippen LogP) is 4.96. The zero-order chi connectivity index (χ0) is 23.0. The van der Waals surface area contributed by atoms with Gasteiger partial charge in [0.25, 0.3) is 0 Å². The number of aromatic amines is 1. The lowest BCUT2D eigenvalue weighted by Crippen LogP contribution is -2.09. The van der Waals surface area contributed by atoms with E-state index in [0.717, 1.165) is 39.0 Å². The van der Waals surface area contributed by atoms with Crippen LogP contribution in [0.2, 0.25) is 0 Å². The Morgan fingerprint density at radius 3 is 2.27 bits per heavy atom. The summed E-state index contributed by atoms with van der Waals surface area (Å²) in [5.74, 6) is 2.11. The Morgan fingerprint density at radius 1 is 0.758 bits per heavy atom. The maximum atomic E-state index is 6.09. The van der Waals surface area contributed by atoms with E-state index in [0.29, 0.717) is 37.9 Å². The molecule has 0 aliphatic rings. The van der Waals surface area contributed by atoms with Crippen molar-refractivity contribution in [3.63, 3.8) is 0 Å². The van der Waals surface area contributed by atoms with E-state index in [1.54, 1.807) is 21.3 Å². The maximum absolute atomic E-state index is 6.09. The number of aromatic nitrogens is 2.